The zero-order valence-electron chi connectivity index (χ0n) is 21.2. The Bertz CT molecular complexity index is 1330. The highest BCUT2D eigenvalue weighted by Gasteiger charge is 2.41. The van der Waals surface area contributed by atoms with E-state index in [4.69, 9.17) is 13.0 Å². The third-order valence-electron chi connectivity index (χ3n) is 4.69. The van der Waals surface area contributed by atoms with Gasteiger partial charge in [0.1, 0.15) is 17.2 Å². The van der Waals surface area contributed by atoms with Crippen molar-refractivity contribution in [1.29, 1.82) is 0 Å². The fourth-order valence-electron chi connectivity index (χ4n) is 3.17. The fourth-order valence-corrected chi connectivity index (χ4v) is 3.17. The second kappa shape index (κ2) is 7.52. The SMILES string of the molecule is [2H]C1([2H])[C@@H]2OCC[C@@]([2H])(C([2H])([2H])[2H])N2C(=O)c2c(O)c(=O)c(C(=O)NCc3ccc(F)cc3F)cn21. The number of ether oxygens (including phenoxy) is 1. The molecule has 0 radical (unpaired) electrons. The highest BCUT2D eigenvalue weighted by atomic mass is 19.1. The lowest BCUT2D eigenvalue weighted by molar-refractivity contribution is -0.112. The maximum Gasteiger partial charge on any atom is 0.276 e. The van der Waals surface area contributed by atoms with E-state index in [9.17, 15) is 28.3 Å². The van der Waals surface area contributed by atoms with E-state index < -0.39 is 84.4 Å². The van der Waals surface area contributed by atoms with E-state index in [1.165, 1.54) is 0 Å². The van der Waals surface area contributed by atoms with Crippen LogP contribution in [0.25, 0.3) is 0 Å². The van der Waals surface area contributed by atoms with Gasteiger partial charge in [-0.1, -0.05) is 6.07 Å². The van der Waals surface area contributed by atoms with Crippen molar-refractivity contribution in [2.45, 2.75) is 38.6 Å². The van der Waals surface area contributed by atoms with Gasteiger partial charge in [0.15, 0.2) is 17.7 Å². The molecule has 2 aromatic rings. The zero-order chi connectivity index (χ0) is 26.8. The summed E-state index contributed by atoms with van der Waals surface area (Å²) in [6.07, 6.45) is -1.77. The first-order valence-electron chi connectivity index (χ1n) is 11.8. The summed E-state index contributed by atoms with van der Waals surface area (Å²) in [6, 6.07) is -0.0234. The van der Waals surface area contributed by atoms with E-state index >= 15 is 0 Å². The van der Waals surface area contributed by atoms with Gasteiger partial charge in [-0.25, -0.2) is 8.78 Å². The Labute approximate surface area is 178 Å². The molecule has 158 valence electrons. The van der Waals surface area contributed by atoms with Gasteiger partial charge in [-0.2, -0.15) is 0 Å². The summed E-state index contributed by atoms with van der Waals surface area (Å²) >= 11 is 0. The summed E-state index contributed by atoms with van der Waals surface area (Å²) in [6.45, 7) is -6.79. The predicted octanol–water partition coefficient (Wildman–Crippen LogP) is 1.35. The molecule has 2 amide bonds. The van der Waals surface area contributed by atoms with Gasteiger partial charge in [-0.3, -0.25) is 14.4 Å². The van der Waals surface area contributed by atoms with Gasteiger partial charge in [0.2, 0.25) is 5.43 Å². The Morgan fingerprint density at radius 1 is 1.47 bits per heavy atom. The molecule has 0 unspecified atom stereocenters. The van der Waals surface area contributed by atoms with Crippen LogP contribution in [-0.4, -0.2) is 45.2 Å². The molecule has 3 heterocycles. The molecular weight excluding hydrogens is 400 g/mol. The molecule has 30 heavy (non-hydrogen) atoms. The Kier molecular flexibility index (Phi) is 3.48. The van der Waals surface area contributed by atoms with Gasteiger partial charge in [-0.05, 0) is 19.3 Å². The van der Waals surface area contributed by atoms with Crippen molar-refractivity contribution in [2.75, 3.05) is 6.61 Å². The molecule has 10 heteroatoms. The summed E-state index contributed by atoms with van der Waals surface area (Å²) in [5.41, 5.74) is -3.29. The number of aromatic hydroxyl groups is 1. The first-order chi connectivity index (χ1) is 16.6. The van der Waals surface area contributed by atoms with Gasteiger partial charge in [0.05, 0.1) is 17.2 Å². The van der Waals surface area contributed by atoms with Crippen molar-refractivity contribution in [3.8, 4) is 5.75 Å². The van der Waals surface area contributed by atoms with Gasteiger partial charge >= 0.3 is 0 Å². The van der Waals surface area contributed by atoms with E-state index in [0.29, 0.717) is 21.7 Å². The van der Waals surface area contributed by atoms with Crippen LogP contribution < -0.4 is 10.7 Å². The van der Waals surface area contributed by atoms with Crippen molar-refractivity contribution in [1.82, 2.24) is 14.8 Å². The number of halogens is 2. The first-order valence-corrected chi connectivity index (χ1v) is 8.78. The molecule has 2 atom stereocenters. The average Bonchev–Trinajstić information content (AvgIpc) is 2.77. The highest BCUT2D eigenvalue weighted by molar-refractivity contribution is 5.99. The van der Waals surface area contributed by atoms with Crippen LogP contribution in [-0.2, 0) is 17.8 Å². The summed E-state index contributed by atoms with van der Waals surface area (Å²) in [5.74, 6) is -5.68. The van der Waals surface area contributed by atoms with E-state index in [2.05, 4.69) is 5.32 Å². The minimum absolute atomic E-state index is 0.125. The average molecular weight is 425 g/mol. The van der Waals surface area contributed by atoms with Gasteiger partial charge in [-0.15, -0.1) is 0 Å². The topological polar surface area (TPSA) is 101 Å². The van der Waals surface area contributed by atoms with E-state index in [0.717, 1.165) is 12.1 Å². The van der Waals surface area contributed by atoms with Gasteiger partial charge in [0.25, 0.3) is 11.8 Å². The fraction of sp³-hybridized carbons (Fsp3) is 0.350. The molecule has 0 saturated carbocycles. The Balaban J connectivity index is 1.77. The van der Waals surface area contributed by atoms with E-state index in [-0.39, 0.29) is 12.2 Å². The minimum Gasteiger partial charge on any atom is -0.503 e. The molecule has 1 aromatic carbocycles. The maximum atomic E-state index is 13.9. The number of rotatable bonds is 3. The number of aromatic nitrogens is 1. The second-order valence-corrected chi connectivity index (χ2v) is 6.58. The van der Waals surface area contributed by atoms with Crippen molar-refractivity contribution in [3.63, 3.8) is 0 Å². The summed E-state index contributed by atoms with van der Waals surface area (Å²) in [7, 11) is 0. The smallest absolute Gasteiger partial charge is 0.276 e. The van der Waals surface area contributed by atoms with Crippen LogP contribution in [0.15, 0.2) is 29.2 Å². The highest BCUT2D eigenvalue weighted by Crippen LogP contribution is 2.29. The normalized spacial score (nSPS) is 28.0. The second-order valence-electron chi connectivity index (χ2n) is 6.58. The third kappa shape index (κ3) is 3.32. The molecule has 0 spiro atoms. The van der Waals surface area contributed by atoms with Crippen molar-refractivity contribution in [2.24, 2.45) is 0 Å². The summed E-state index contributed by atoms with van der Waals surface area (Å²) in [5, 5.41) is 12.7. The van der Waals surface area contributed by atoms with Crippen LogP contribution in [0.1, 0.15) is 47.9 Å². The monoisotopic (exact) mass is 425 g/mol. The Morgan fingerprint density at radius 3 is 3.00 bits per heavy atom. The van der Waals surface area contributed by atoms with Gasteiger partial charge in [0, 0.05) is 34.5 Å². The maximum absolute atomic E-state index is 13.9. The van der Waals surface area contributed by atoms with Crippen LogP contribution in [0.2, 0.25) is 0 Å². The molecule has 4 rings (SSSR count). The molecule has 1 fully saturated rings. The molecule has 2 N–H and O–H groups in total. The van der Waals surface area contributed by atoms with Crippen LogP contribution in [0.3, 0.4) is 0 Å². The molecule has 2 aliphatic heterocycles. The molecule has 1 saturated heterocycles. The number of pyridine rings is 1. The lowest BCUT2D eigenvalue weighted by atomic mass is 10.1. The molecule has 0 aliphatic carbocycles. The molecule has 2 aliphatic rings. The lowest BCUT2D eigenvalue weighted by Gasteiger charge is -2.44. The summed E-state index contributed by atoms with van der Waals surface area (Å²) in [4.78, 5) is 39.0. The van der Waals surface area contributed by atoms with Crippen LogP contribution in [0.5, 0.6) is 5.75 Å². The Hall–Kier alpha value is -3.27. The lowest BCUT2D eigenvalue weighted by Crippen LogP contribution is -2.57. The number of benzene rings is 1. The van der Waals surface area contributed by atoms with Crippen molar-refractivity contribution >= 4 is 11.8 Å². The zero-order valence-corrected chi connectivity index (χ0v) is 15.2. The third-order valence-corrected chi connectivity index (χ3v) is 4.69. The quantitative estimate of drug-likeness (QED) is 0.773. The predicted molar refractivity (Wildman–Crippen MR) is 99.9 cm³/mol. The number of amides is 2. The molecule has 8 nitrogen and oxygen atoms in total. The number of nitrogens with zero attached hydrogens (tertiary/aromatic N) is 2. The number of carbonyl (C=O) groups is 2. The summed E-state index contributed by atoms with van der Waals surface area (Å²) < 4.78 is 81.4. The van der Waals surface area contributed by atoms with E-state index in [1.54, 1.807) is 0 Å². The minimum atomic E-state index is -3.09. The number of fused-ring (bicyclic) bond motifs is 2. The van der Waals surface area contributed by atoms with E-state index in [1.807, 2.05) is 0 Å². The van der Waals surface area contributed by atoms with Crippen molar-refractivity contribution < 1.29 is 36.4 Å². The van der Waals surface area contributed by atoms with Crippen LogP contribution in [0, 0.1) is 11.6 Å². The van der Waals surface area contributed by atoms with Gasteiger partial charge < -0.3 is 24.6 Å². The standard InChI is InChI=1S/C20H19F2N3O5/c1-10-4-5-30-15-9-24-8-13(17(26)18(27)16(24)20(29)25(10)15)19(28)23-7-11-2-3-12(21)6-14(11)22/h2-3,6,8,10,15,27H,4-5,7,9H2,1H3,(H,23,28)/t10-,15+/m1/s1/i1D3,9D2,10D. The number of carbonyl (C=O) groups excluding carboxylic acids is 2. The van der Waals surface area contributed by atoms with Crippen LogP contribution in [0.4, 0.5) is 8.78 Å². The largest absolute Gasteiger partial charge is 0.503 e. The first kappa shape index (κ1) is 13.9. The van der Waals surface area contributed by atoms with Crippen LogP contribution >= 0.6 is 0 Å². The number of nitrogens with one attached hydrogen (secondary N) is 1. The molecule has 0 bridgehead atoms. The number of hydrogen-bond donors (Lipinski definition) is 2. The Morgan fingerprint density at radius 2 is 2.27 bits per heavy atom. The molecular formula is C20H19F2N3O5. The number of hydrogen-bond acceptors (Lipinski definition) is 5. The van der Waals surface area contributed by atoms with Crippen molar-refractivity contribution in [3.05, 3.63) is 63.1 Å². The molecule has 1 aromatic heterocycles.